The average Bonchev–Trinajstić information content (AvgIpc) is 2.73. The number of non-ortho nitro benzene ring substituents is 1. The average molecular weight is 391 g/mol. The zero-order valence-electron chi connectivity index (χ0n) is 15.0. The molecule has 3 rings (SSSR count). The molecule has 29 heavy (non-hydrogen) atoms. The number of nitriles is 1. The number of aromatic nitrogens is 1. The number of azo groups is 1. The third-order valence-electron chi connectivity index (χ3n) is 3.98. The lowest BCUT2D eigenvalue weighted by Crippen LogP contribution is -2.08. The largest absolute Gasteiger partial charge is 0.494 e. The number of aromatic amines is 1. The molecule has 0 radical (unpaired) electrons. The van der Waals surface area contributed by atoms with Gasteiger partial charge in [0.1, 0.15) is 17.3 Å². The SMILES string of the molecule is COc1cc([N+](=O)[O-])ccc1N=Nc1c(-c2ccccc2)c(C#N)c(O)[nH]c1=O. The van der Waals surface area contributed by atoms with Crippen LogP contribution in [0.3, 0.4) is 0 Å². The van der Waals surface area contributed by atoms with Crippen molar-refractivity contribution in [1.29, 1.82) is 5.26 Å². The van der Waals surface area contributed by atoms with Crippen molar-refractivity contribution >= 4 is 17.1 Å². The van der Waals surface area contributed by atoms with Crippen LogP contribution in [0, 0.1) is 21.4 Å². The highest BCUT2D eigenvalue weighted by Gasteiger charge is 2.19. The summed E-state index contributed by atoms with van der Waals surface area (Å²) >= 11 is 0. The number of pyridine rings is 1. The molecule has 10 heteroatoms. The molecule has 0 fully saturated rings. The minimum Gasteiger partial charge on any atom is -0.494 e. The van der Waals surface area contributed by atoms with E-state index in [2.05, 4.69) is 15.2 Å². The van der Waals surface area contributed by atoms with Crippen LogP contribution in [0.15, 0.2) is 63.6 Å². The van der Waals surface area contributed by atoms with Crippen molar-refractivity contribution < 1.29 is 14.8 Å². The van der Waals surface area contributed by atoms with Crippen LogP contribution in [0.1, 0.15) is 5.56 Å². The van der Waals surface area contributed by atoms with Crippen molar-refractivity contribution in [2.24, 2.45) is 10.2 Å². The summed E-state index contributed by atoms with van der Waals surface area (Å²) in [6, 6.07) is 14.0. The highest BCUT2D eigenvalue weighted by atomic mass is 16.6. The molecule has 3 aromatic rings. The number of nitro benzene ring substituents is 1. The van der Waals surface area contributed by atoms with Crippen LogP contribution in [-0.4, -0.2) is 22.1 Å². The number of nitrogens with one attached hydrogen (secondary N) is 1. The summed E-state index contributed by atoms with van der Waals surface area (Å²) in [6.07, 6.45) is 0. The Bertz CT molecular complexity index is 1210. The maximum atomic E-state index is 12.4. The van der Waals surface area contributed by atoms with Gasteiger partial charge in [-0.2, -0.15) is 5.26 Å². The molecule has 0 spiro atoms. The Hall–Kier alpha value is -4.52. The summed E-state index contributed by atoms with van der Waals surface area (Å²) < 4.78 is 5.10. The molecule has 0 aliphatic heterocycles. The topological polar surface area (TPSA) is 154 Å². The molecule has 10 nitrogen and oxygen atoms in total. The van der Waals surface area contributed by atoms with Gasteiger partial charge in [-0.05, 0) is 11.6 Å². The third-order valence-corrected chi connectivity index (χ3v) is 3.98. The number of hydrogen-bond acceptors (Lipinski definition) is 8. The van der Waals surface area contributed by atoms with Gasteiger partial charge in [-0.25, -0.2) is 0 Å². The predicted molar refractivity (Wildman–Crippen MR) is 103 cm³/mol. The molecule has 2 aromatic carbocycles. The standard InChI is InChI=1S/C19H13N5O5/c1-29-15-9-12(24(27)28)7-8-14(15)22-23-17-16(11-5-3-2-4-6-11)13(10-20)18(25)21-19(17)26/h2-9H,1H3,(H2,21,25,26). The van der Waals surface area contributed by atoms with Crippen LogP contribution in [-0.2, 0) is 0 Å². The van der Waals surface area contributed by atoms with Crippen LogP contribution in [0.2, 0.25) is 0 Å². The van der Waals surface area contributed by atoms with Gasteiger partial charge in [0, 0.05) is 11.6 Å². The van der Waals surface area contributed by atoms with E-state index in [0.717, 1.165) is 0 Å². The van der Waals surface area contributed by atoms with E-state index in [0.29, 0.717) is 5.56 Å². The van der Waals surface area contributed by atoms with Gasteiger partial charge >= 0.3 is 0 Å². The Labute approximate surface area is 163 Å². The second kappa shape index (κ2) is 8.01. The van der Waals surface area contributed by atoms with Gasteiger partial charge < -0.3 is 9.84 Å². The van der Waals surface area contributed by atoms with E-state index >= 15 is 0 Å². The Morgan fingerprint density at radius 2 is 1.93 bits per heavy atom. The molecular weight excluding hydrogens is 378 g/mol. The number of nitro groups is 1. The van der Waals surface area contributed by atoms with Crippen LogP contribution in [0.4, 0.5) is 17.1 Å². The lowest BCUT2D eigenvalue weighted by molar-refractivity contribution is -0.384. The molecule has 0 amide bonds. The minimum atomic E-state index is -0.759. The normalized spacial score (nSPS) is 10.6. The van der Waals surface area contributed by atoms with Gasteiger partial charge in [0.15, 0.2) is 11.4 Å². The highest BCUT2D eigenvalue weighted by molar-refractivity contribution is 5.82. The van der Waals surface area contributed by atoms with E-state index in [9.17, 15) is 25.3 Å². The van der Waals surface area contributed by atoms with Gasteiger partial charge in [0.05, 0.1) is 18.1 Å². The number of H-pyrrole nitrogens is 1. The Morgan fingerprint density at radius 1 is 1.21 bits per heavy atom. The highest BCUT2D eigenvalue weighted by Crippen LogP contribution is 2.36. The summed E-state index contributed by atoms with van der Waals surface area (Å²) in [5.41, 5.74) is -0.589. The second-order valence-corrected chi connectivity index (χ2v) is 5.69. The zero-order valence-corrected chi connectivity index (χ0v) is 15.0. The van der Waals surface area contributed by atoms with Gasteiger partial charge in [-0.1, -0.05) is 30.3 Å². The molecule has 0 saturated carbocycles. The monoisotopic (exact) mass is 391 g/mol. The minimum absolute atomic E-state index is 0.0833. The molecule has 0 atom stereocenters. The van der Waals surface area contributed by atoms with Crippen LogP contribution < -0.4 is 10.3 Å². The Balaban J connectivity index is 2.19. The number of methoxy groups -OCH3 is 1. The van der Waals surface area contributed by atoms with Gasteiger partial charge in [0.25, 0.3) is 11.2 Å². The Morgan fingerprint density at radius 3 is 2.55 bits per heavy atom. The lowest BCUT2D eigenvalue weighted by atomic mass is 10.00. The molecule has 1 aromatic heterocycles. The summed E-state index contributed by atoms with van der Waals surface area (Å²) in [7, 11) is 1.31. The third kappa shape index (κ3) is 3.79. The number of ether oxygens (including phenoxy) is 1. The molecule has 0 unspecified atom stereocenters. The number of aromatic hydroxyl groups is 1. The lowest BCUT2D eigenvalue weighted by Gasteiger charge is -2.09. The van der Waals surface area contributed by atoms with Crippen molar-refractivity contribution in [3.05, 3.63) is 74.6 Å². The number of nitrogens with zero attached hydrogens (tertiary/aromatic N) is 4. The summed E-state index contributed by atoms with van der Waals surface area (Å²) in [4.78, 5) is 24.9. The second-order valence-electron chi connectivity index (χ2n) is 5.69. The molecule has 0 aliphatic carbocycles. The van der Waals surface area contributed by atoms with Crippen LogP contribution >= 0.6 is 0 Å². The fourth-order valence-corrected chi connectivity index (χ4v) is 2.64. The maximum absolute atomic E-state index is 12.4. The summed E-state index contributed by atoms with van der Waals surface area (Å²) in [5.74, 6) is -0.497. The van der Waals surface area contributed by atoms with E-state index in [1.165, 1.54) is 25.3 Å². The van der Waals surface area contributed by atoms with Gasteiger partial charge in [0.2, 0.25) is 5.88 Å². The molecule has 1 heterocycles. The maximum Gasteiger partial charge on any atom is 0.279 e. The zero-order chi connectivity index (χ0) is 21.0. The molecule has 0 saturated heterocycles. The van der Waals surface area contributed by atoms with E-state index in [4.69, 9.17) is 4.74 Å². The quantitative estimate of drug-likeness (QED) is 0.381. The first-order valence-electron chi connectivity index (χ1n) is 8.15. The first kappa shape index (κ1) is 19.2. The smallest absolute Gasteiger partial charge is 0.279 e. The van der Waals surface area contributed by atoms with Crippen molar-refractivity contribution in [2.75, 3.05) is 7.11 Å². The predicted octanol–water partition coefficient (Wildman–Crippen LogP) is 3.95. The van der Waals surface area contributed by atoms with Gasteiger partial charge in [-0.3, -0.25) is 19.9 Å². The Kier molecular flexibility index (Phi) is 5.32. The number of hydrogen-bond donors (Lipinski definition) is 2. The van der Waals surface area contributed by atoms with E-state index < -0.39 is 16.4 Å². The molecule has 0 aliphatic rings. The summed E-state index contributed by atoms with van der Waals surface area (Å²) in [6.45, 7) is 0. The molecule has 144 valence electrons. The summed E-state index contributed by atoms with van der Waals surface area (Å²) in [5, 5.41) is 38.2. The number of benzene rings is 2. The van der Waals surface area contributed by atoms with Crippen LogP contribution in [0.25, 0.3) is 11.1 Å². The van der Waals surface area contributed by atoms with Crippen molar-refractivity contribution in [3.63, 3.8) is 0 Å². The van der Waals surface area contributed by atoms with E-state index in [1.807, 2.05) is 6.07 Å². The van der Waals surface area contributed by atoms with E-state index in [1.54, 1.807) is 30.3 Å². The van der Waals surface area contributed by atoms with Crippen molar-refractivity contribution in [3.8, 4) is 28.8 Å². The van der Waals surface area contributed by atoms with Gasteiger partial charge in [-0.15, -0.1) is 10.2 Å². The molecule has 2 N–H and O–H groups in total. The molecule has 0 bridgehead atoms. The number of rotatable bonds is 5. The van der Waals surface area contributed by atoms with Crippen molar-refractivity contribution in [1.82, 2.24) is 4.98 Å². The molecular formula is C19H13N5O5. The fraction of sp³-hybridized carbons (Fsp3) is 0.0526. The van der Waals surface area contributed by atoms with Crippen LogP contribution in [0.5, 0.6) is 11.6 Å². The fourth-order valence-electron chi connectivity index (χ4n) is 2.64. The first-order chi connectivity index (χ1) is 14.0. The van der Waals surface area contributed by atoms with Crippen molar-refractivity contribution in [2.45, 2.75) is 0 Å². The van der Waals surface area contributed by atoms with E-state index in [-0.39, 0.29) is 33.9 Å². The first-order valence-corrected chi connectivity index (χ1v) is 8.15.